The van der Waals surface area contributed by atoms with E-state index in [0.717, 1.165) is 93.3 Å². The lowest BCUT2D eigenvalue weighted by Gasteiger charge is -2.19. The number of hydrogen-bond donors (Lipinski definition) is 0. The van der Waals surface area contributed by atoms with Crippen LogP contribution in [-0.2, 0) is 0 Å². The summed E-state index contributed by atoms with van der Waals surface area (Å²) in [6.45, 7) is 0. The first-order chi connectivity index (χ1) is 74.5. The molecular formula is C145H84O4S. The van der Waals surface area contributed by atoms with Crippen LogP contribution in [0, 0.1) is 0 Å². The third kappa shape index (κ3) is 12.6. The summed E-state index contributed by atoms with van der Waals surface area (Å²) in [6, 6.07) is 183. The van der Waals surface area contributed by atoms with Crippen LogP contribution in [0.1, 0.15) is 22.6 Å². The Morgan fingerprint density at radius 1 is 0.140 bits per heavy atom. The Bertz CT molecular complexity index is 11500. The van der Waals surface area contributed by atoms with E-state index in [2.05, 4.69) is 497 Å². The zero-order chi connectivity index (χ0) is 98.0. The van der Waals surface area contributed by atoms with Gasteiger partial charge in [0.2, 0.25) is 0 Å². The van der Waals surface area contributed by atoms with E-state index in [-0.39, 0.29) is 5.92 Å². The monoisotopic (exact) mass is 1920 g/mol. The van der Waals surface area contributed by atoms with Crippen molar-refractivity contribution in [3.63, 3.8) is 0 Å². The molecule has 1 aliphatic carbocycles. The molecule has 0 bridgehead atoms. The first-order valence-corrected chi connectivity index (χ1v) is 52.5. The Labute approximate surface area is 863 Å². The molecule has 5 heterocycles. The number of benzene rings is 28. The number of fused-ring (bicyclic) bond motifs is 39. The molecule has 33 aromatic rings. The third-order valence-corrected chi connectivity index (χ3v) is 33.5. The van der Waals surface area contributed by atoms with E-state index in [9.17, 15) is 0 Å². The van der Waals surface area contributed by atoms with E-state index in [4.69, 9.17) is 17.7 Å². The maximum Gasteiger partial charge on any atom is 0.143 e. The summed E-state index contributed by atoms with van der Waals surface area (Å²) in [4.78, 5) is 0. The predicted molar refractivity (Wildman–Crippen MR) is 637 cm³/mol. The Hall–Kier alpha value is -19.3. The van der Waals surface area contributed by atoms with Gasteiger partial charge in [0.1, 0.15) is 44.7 Å². The highest BCUT2D eigenvalue weighted by Gasteiger charge is 2.33. The minimum Gasteiger partial charge on any atom is -0.455 e. The van der Waals surface area contributed by atoms with Gasteiger partial charge in [0.05, 0.1) is 0 Å². The van der Waals surface area contributed by atoms with E-state index in [1.54, 1.807) is 0 Å². The molecule has 0 spiro atoms. The van der Waals surface area contributed by atoms with Gasteiger partial charge in [0, 0.05) is 96.5 Å². The van der Waals surface area contributed by atoms with Gasteiger partial charge in [-0.2, -0.15) is 0 Å². The van der Waals surface area contributed by atoms with E-state index in [1.165, 1.54) is 238 Å². The summed E-state index contributed by atoms with van der Waals surface area (Å²) in [5, 5.41) is 41.3. The van der Waals surface area contributed by atoms with Crippen molar-refractivity contribution < 1.29 is 17.7 Å². The summed E-state index contributed by atoms with van der Waals surface area (Å²) in [7, 11) is 0. The molecule has 1 aliphatic rings. The Morgan fingerprint density at radius 3 is 0.813 bits per heavy atom. The summed E-state index contributed by atoms with van der Waals surface area (Å²) in [5.74, 6) is 0.228. The molecule has 5 aromatic heterocycles. The molecule has 150 heavy (non-hydrogen) atoms. The maximum atomic E-state index is 6.71. The lowest BCUT2D eigenvalue weighted by atomic mass is 9.84. The van der Waals surface area contributed by atoms with Gasteiger partial charge in [0.15, 0.2) is 0 Å². The van der Waals surface area contributed by atoms with Crippen molar-refractivity contribution in [1.29, 1.82) is 0 Å². The molecule has 0 aliphatic heterocycles. The average molecular weight is 1920 g/mol. The van der Waals surface area contributed by atoms with Crippen LogP contribution >= 0.6 is 11.3 Å². The fourth-order valence-corrected chi connectivity index (χ4v) is 27.2. The van der Waals surface area contributed by atoms with Crippen LogP contribution in [0.3, 0.4) is 0 Å². The van der Waals surface area contributed by atoms with Gasteiger partial charge >= 0.3 is 0 Å². The van der Waals surface area contributed by atoms with Crippen molar-refractivity contribution in [2.75, 3.05) is 0 Å². The highest BCUT2D eigenvalue weighted by atomic mass is 32.1. The second kappa shape index (κ2) is 33.1. The summed E-state index contributed by atoms with van der Waals surface area (Å²) in [6.07, 6.45) is 0. The standard InChI is InChI=1S/C53H32O.C46H26O2.C46H26OS/c1-2-14-32(15-3-1)49-38-19-7-5-18-37(38)46-30-33(26-28-44(46)49)50-40-21-9-11-23-42(40)51(43-24-12-10-22-41(43)50)34-27-29-48-47(31-34)52-39-20-8-4-16-35(39)36-17-6-13-25-45(36)53(52)54-48;1-3-15-31-28(12-1)29-13-2-8-20-36(29)46-44(31)39-26-27(24-25-41(39)48-46)42-32-16-4-6-18-34(32)43(35-19-7-5-17-33(35)42)38-22-11-21-37-30-14-9-10-23-40(30)47-45(37)38;1-3-14-32-29(11-1)30-12-2-8-19-37(30)46-45(32)39-26-27(21-23-40(39)47-46)43-33-15-4-6-17-35(33)44(36-18-7-5-16-34(36)43)28-22-24-42-38(25-28)31-13-9-10-20-41(31)48-42/h1-31,49H;2*1-26H. The number of rotatable bonds is 7. The van der Waals surface area contributed by atoms with Crippen molar-refractivity contribution in [3.8, 4) is 77.9 Å². The lowest BCUT2D eigenvalue weighted by molar-refractivity contribution is 0.670. The molecule has 28 aromatic carbocycles. The van der Waals surface area contributed by atoms with Crippen LogP contribution in [0.15, 0.2) is 521 Å². The van der Waals surface area contributed by atoms with Gasteiger partial charge in [-0.25, -0.2) is 0 Å². The van der Waals surface area contributed by atoms with Crippen LogP contribution in [-0.4, -0.2) is 0 Å². The van der Waals surface area contributed by atoms with E-state index < -0.39 is 0 Å². The topological polar surface area (TPSA) is 52.6 Å². The second-order valence-corrected chi connectivity index (χ2v) is 41.3. The van der Waals surface area contributed by atoms with Crippen molar-refractivity contribution in [2.45, 2.75) is 5.92 Å². The summed E-state index contributed by atoms with van der Waals surface area (Å²) >= 11 is 1.87. The van der Waals surface area contributed by atoms with E-state index in [0.29, 0.717) is 0 Å². The van der Waals surface area contributed by atoms with Gasteiger partial charge in [-0.3, -0.25) is 0 Å². The summed E-state index contributed by atoms with van der Waals surface area (Å²) in [5.41, 5.74) is 28.8. The van der Waals surface area contributed by atoms with Crippen molar-refractivity contribution in [3.05, 3.63) is 520 Å². The zero-order valence-electron chi connectivity index (χ0n) is 81.0. The first-order valence-electron chi connectivity index (χ1n) is 51.7. The lowest BCUT2D eigenvalue weighted by Crippen LogP contribution is -1.98. The van der Waals surface area contributed by atoms with Crippen LogP contribution in [0.2, 0.25) is 0 Å². The zero-order valence-corrected chi connectivity index (χ0v) is 81.9. The fourth-order valence-electron chi connectivity index (χ4n) is 26.1. The molecule has 694 valence electrons. The van der Waals surface area contributed by atoms with Gasteiger partial charge < -0.3 is 17.7 Å². The first kappa shape index (κ1) is 84.1. The quantitative estimate of drug-likeness (QED) is 0.118. The number of para-hydroxylation sites is 2. The van der Waals surface area contributed by atoms with Gasteiger partial charge in [-0.05, 0) is 263 Å². The molecule has 0 saturated carbocycles. The van der Waals surface area contributed by atoms with Crippen molar-refractivity contribution in [2.24, 2.45) is 0 Å². The fraction of sp³-hybridized carbons (Fsp3) is 0.00690. The van der Waals surface area contributed by atoms with E-state index in [1.807, 2.05) is 17.4 Å². The Morgan fingerprint density at radius 2 is 0.400 bits per heavy atom. The minimum absolute atomic E-state index is 0.228. The summed E-state index contributed by atoms with van der Waals surface area (Å²) < 4.78 is 29.3. The molecule has 34 rings (SSSR count). The van der Waals surface area contributed by atoms with Crippen molar-refractivity contribution in [1.82, 2.24) is 0 Å². The highest BCUT2D eigenvalue weighted by Crippen LogP contribution is 2.57. The molecule has 0 amide bonds. The van der Waals surface area contributed by atoms with Gasteiger partial charge in [-0.1, -0.05) is 437 Å². The number of furan rings is 4. The Kier molecular flexibility index (Phi) is 18.6. The largest absolute Gasteiger partial charge is 0.455 e. The van der Waals surface area contributed by atoms with Crippen molar-refractivity contribution >= 4 is 249 Å². The molecule has 1 atom stereocenters. The maximum absolute atomic E-state index is 6.71. The number of thiophene rings is 1. The highest BCUT2D eigenvalue weighted by molar-refractivity contribution is 7.25. The molecule has 0 radical (unpaired) electrons. The molecular weight excluding hydrogens is 1840 g/mol. The van der Waals surface area contributed by atoms with Gasteiger partial charge in [-0.15, -0.1) is 11.3 Å². The van der Waals surface area contributed by atoms with Crippen LogP contribution in [0.4, 0.5) is 0 Å². The minimum atomic E-state index is 0.228. The molecule has 0 saturated heterocycles. The third-order valence-electron chi connectivity index (χ3n) is 32.4. The molecule has 4 nitrogen and oxygen atoms in total. The van der Waals surface area contributed by atoms with Crippen LogP contribution < -0.4 is 0 Å². The second-order valence-electron chi connectivity index (χ2n) is 40.2. The van der Waals surface area contributed by atoms with Crippen LogP contribution in [0.5, 0.6) is 0 Å². The molecule has 1 unspecified atom stereocenters. The average Bonchev–Trinajstić information content (AvgIpc) is 1.33. The predicted octanol–water partition coefficient (Wildman–Crippen LogP) is 42.0. The molecule has 0 N–H and O–H groups in total. The van der Waals surface area contributed by atoms with Crippen LogP contribution in [0.25, 0.3) is 315 Å². The molecule has 0 fully saturated rings. The Balaban J connectivity index is 0.0000000995. The molecule has 5 heteroatoms. The smallest absolute Gasteiger partial charge is 0.143 e. The van der Waals surface area contributed by atoms with E-state index >= 15 is 0 Å². The van der Waals surface area contributed by atoms with Gasteiger partial charge in [0.25, 0.3) is 0 Å². The SMILES string of the molecule is c1ccc(C2c3ccccc3-c3cc(-c4c5ccccc5c(-c5ccc6oc7c8ccccc8c8ccccc8c7c6c5)c5ccccc45)ccc32)cc1.c1ccc2c(c1)oc1c(-c3c4ccccc4c(-c4ccc5oc6c7ccccc7c7ccccc7c6c5c4)c4ccccc34)cccc12.c1ccc2c(c1)sc1ccc(-c3c4ccccc4c(-c4ccc5oc6c7ccccc7c7ccccc7c6c5c4)c4ccccc34)cc12. The number of hydrogen-bond acceptors (Lipinski definition) is 5. The normalized spacial score (nSPS) is 12.7.